The maximum Gasteiger partial charge on any atom is 0.341 e. The van der Waals surface area contributed by atoms with Crippen molar-refractivity contribution in [1.82, 2.24) is 10.6 Å². The van der Waals surface area contributed by atoms with Gasteiger partial charge in [-0.25, -0.2) is 4.79 Å². The first-order chi connectivity index (χ1) is 15.0. The minimum Gasteiger partial charge on any atom is -0.496 e. The van der Waals surface area contributed by atoms with Gasteiger partial charge in [0.2, 0.25) is 5.75 Å². The van der Waals surface area contributed by atoms with Gasteiger partial charge in [-0.3, -0.25) is 4.99 Å². The Morgan fingerprint density at radius 1 is 0.806 bits per heavy atom. The quantitative estimate of drug-likeness (QED) is 0.355. The zero-order valence-corrected chi connectivity index (χ0v) is 18.7. The van der Waals surface area contributed by atoms with E-state index in [1.807, 2.05) is 18.2 Å². The van der Waals surface area contributed by atoms with Crippen molar-refractivity contribution in [2.24, 2.45) is 4.99 Å². The molecule has 0 spiro atoms. The summed E-state index contributed by atoms with van der Waals surface area (Å²) in [5.41, 5.74) is 2.16. The Labute approximate surface area is 182 Å². The third-order valence-corrected chi connectivity index (χ3v) is 4.54. The highest BCUT2D eigenvalue weighted by Crippen LogP contribution is 2.38. The standard InChI is InChI=1S/C22H29N3O6/c1-23-22(24-12-14-7-8-17(27-2)16(9-14)21(26)31-6)25-13-15-10-18(28-3)20(30-5)19(11-15)29-4/h7-11H,12-13H2,1-6H3,(H2,23,24,25). The van der Waals surface area contributed by atoms with E-state index < -0.39 is 5.97 Å². The molecule has 0 radical (unpaired) electrons. The summed E-state index contributed by atoms with van der Waals surface area (Å²) in [6.07, 6.45) is 0. The first-order valence-corrected chi connectivity index (χ1v) is 9.49. The Bertz CT molecular complexity index is 904. The van der Waals surface area contributed by atoms with Crippen molar-refractivity contribution in [1.29, 1.82) is 0 Å². The van der Waals surface area contributed by atoms with Crippen molar-refractivity contribution in [3.63, 3.8) is 0 Å². The van der Waals surface area contributed by atoms with Gasteiger partial charge in [0.25, 0.3) is 0 Å². The summed E-state index contributed by atoms with van der Waals surface area (Å²) < 4.78 is 26.2. The highest BCUT2D eigenvalue weighted by Gasteiger charge is 2.15. The molecule has 2 aromatic rings. The summed E-state index contributed by atoms with van der Waals surface area (Å²) in [4.78, 5) is 16.2. The molecule has 0 aromatic heterocycles. The van der Waals surface area contributed by atoms with Gasteiger partial charge in [-0.05, 0) is 35.4 Å². The van der Waals surface area contributed by atoms with Gasteiger partial charge < -0.3 is 34.3 Å². The summed E-state index contributed by atoms with van der Waals surface area (Å²) in [6.45, 7) is 0.926. The van der Waals surface area contributed by atoms with Crippen LogP contribution in [0.5, 0.6) is 23.0 Å². The second-order valence-electron chi connectivity index (χ2n) is 6.34. The van der Waals surface area contributed by atoms with E-state index in [1.165, 1.54) is 14.2 Å². The van der Waals surface area contributed by atoms with Crippen molar-refractivity contribution < 1.29 is 28.5 Å². The number of hydrogen-bond donors (Lipinski definition) is 2. The van der Waals surface area contributed by atoms with Crippen LogP contribution in [0.4, 0.5) is 0 Å². The Hall–Kier alpha value is -3.62. The smallest absolute Gasteiger partial charge is 0.341 e. The molecule has 9 heteroatoms. The van der Waals surface area contributed by atoms with Crippen molar-refractivity contribution in [2.75, 3.05) is 42.6 Å². The van der Waals surface area contributed by atoms with Crippen LogP contribution in [0.1, 0.15) is 21.5 Å². The van der Waals surface area contributed by atoms with Crippen LogP contribution in [-0.4, -0.2) is 54.5 Å². The molecule has 2 aromatic carbocycles. The molecule has 0 bridgehead atoms. The van der Waals surface area contributed by atoms with Crippen molar-refractivity contribution in [3.8, 4) is 23.0 Å². The Morgan fingerprint density at radius 2 is 1.39 bits per heavy atom. The van der Waals surface area contributed by atoms with Crippen LogP contribution in [0.2, 0.25) is 0 Å². The third kappa shape index (κ3) is 5.94. The number of ether oxygens (including phenoxy) is 5. The lowest BCUT2D eigenvalue weighted by atomic mass is 10.1. The van der Waals surface area contributed by atoms with Gasteiger partial charge in [0, 0.05) is 20.1 Å². The zero-order valence-electron chi connectivity index (χ0n) is 18.7. The highest BCUT2D eigenvalue weighted by molar-refractivity contribution is 5.92. The number of nitrogens with zero attached hydrogens (tertiary/aromatic N) is 1. The van der Waals surface area contributed by atoms with E-state index in [9.17, 15) is 4.79 Å². The van der Waals surface area contributed by atoms with Crippen LogP contribution in [0, 0.1) is 0 Å². The molecule has 0 fully saturated rings. The summed E-state index contributed by atoms with van der Waals surface area (Å²) >= 11 is 0. The van der Waals surface area contributed by atoms with Crippen LogP contribution in [0.25, 0.3) is 0 Å². The molecule has 0 aliphatic rings. The maximum atomic E-state index is 12.0. The highest BCUT2D eigenvalue weighted by atomic mass is 16.5. The zero-order chi connectivity index (χ0) is 22.8. The summed E-state index contributed by atoms with van der Waals surface area (Å²) in [6, 6.07) is 9.06. The molecular weight excluding hydrogens is 402 g/mol. The van der Waals surface area contributed by atoms with Gasteiger partial charge in [0.05, 0.1) is 35.5 Å². The normalized spacial score (nSPS) is 10.8. The number of carbonyl (C=O) groups is 1. The predicted octanol–water partition coefficient (Wildman–Crippen LogP) is 2.37. The van der Waals surface area contributed by atoms with Crippen molar-refractivity contribution in [3.05, 3.63) is 47.0 Å². The van der Waals surface area contributed by atoms with Crippen LogP contribution in [0.3, 0.4) is 0 Å². The summed E-state index contributed by atoms with van der Waals surface area (Å²) in [5, 5.41) is 6.45. The molecule has 9 nitrogen and oxygen atoms in total. The molecule has 2 N–H and O–H groups in total. The molecule has 0 aliphatic heterocycles. The molecular formula is C22H29N3O6. The van der Waals surface area contributed by atoms with E-state index in [0.29, 0.717) is 47.6 Å². The third-order valence-electron chi connectivity index (χ3n) is 4.54. The number of nitrogens with one attached hydrogen (secondary N) is 2. The number of esters is 1. The number of hydrogen-bond acceptors (Lipinski definition) is 7. The number of rotatable bonds is 9. The fraction of sp³-hybridized carbons (Fsp3) is 0.364. The molecule has 0 amide bonds. The van der Waals surface area contributed by atoms with E-state index in [2.05, 4.69) is 15.6 Å². The van der Waals surface area contributed by atoms with Crippen molar-refractivity contribution in [2.45, 2.75) is 13.1 Å². The molecule has 2 rings (SSSR count). The maximum absolute atomic E-state index is 12.0. The van der Waals surface area contributed by atoms with E-state index in [1.54, 1.807) is 40.5 Å². The number of methoxy groups -OCH3 is 5. The minimum atomic E-state index is -0.455. The fourth-order valence-electron chi connectivity index (χ4n) is 2.96. The topological polar surface area (TPSA) is 99.6 Å². The first kappa shape index (κ1) is 23.7. The fourth-order valence-corrected chi connectivity index (χ4v) is 2.96. The van der Waals surface area contributed by atoms with Gasteiger partial charge in [0.1, 0.15) is 11.3 Å². The van der Waals surface area contributed by atoms with E-state index >= 15 is 0 Å². The average Bonchev–Trinajstić information content (AvgIpc) is 2.82. The molecule has 0 saturated heterocycles. The number of guanidine groups is 1. The first-order valence-electron chi connectivity index (χ1n) is 9.49. The van der Waals surface area contributed by atoms with Crippen LogP contribution in [0.15, 0.2) is 35.3 Å². The Morgan fingerprint density at radius 3 is 1.87 bits per heavy atom. The average molecular weight is 431 g/mol. The van der Waals surface area contributed by atoms with Gasteiger partial charge >= 0.3 is 5.97 Å². The van der Waals surface area contributed by atoms with Crippen molar-refractivity contribution >= 4 is 11.9 Å². The molecule has 0 aliphatic carbocycles. The molecule has 0 saturated carbocycles. The van der Waals surface area contributed by atoms with Crippen LogP contribution >= 0.6 is 0 Å². The number of benzene rings is 2. The van der Waals surface area contributed by atoms with E-state index in [4.69, 9.17) is 23.7 Å². The summed E-state index contributed by atoms with van der Waals surface area (Å²) in [5.74, 6) is 2.29. The number of aliphatic imine (C=N–C) groups is 1. The molecule has 0 heterocycles. The monoisotopic (exact) mass is 431 g/mol. The van der Waals surface area contributed by atoms with Gasteiger partial charge in [-0.1, -0.05) is 6.07 Å². The number of carbonyl (C=O) groups excluding carboxylic acids is 1. The van der Waals surface area contributed by atoms with Crippen LogP contribution in [-0.2, 0) is 17.8 Å². The molecule has 0 atom stereocenters. The molecule has 31 heavy (non-hydrogen) atoms. The lowest BCUT2D eigenvalue weighted by molar-refractivity contribution is 0.0597. The summed E-state index contributed by atoms with van der Waals surface area (Å²) in [7, 11) is 9.24. The van der Waals surface area contributed by atoms with E-state index in [-0.39, 0.29) is 0 Å². The second-order valence-corrected chi connectivity index (χ2v) is 6.34. The molecule has 0 unspecified atom stereocenters. The van der Waals surface area contributed by atoms with E-state index in [0.717, 1.165) is 11.1 Å². The second kappa shape index (κ2) is 11.5. The minimum absolute atomic E-state index is 0.365. The Kier molecular flexibility index (Phi) is 8.80. The predicted molar refractivity (Wildman–Crippen MR) is 117 cm³/mol. The molecule has 168 valence electrons. The van der Waals surface area contributed by atoms with Gasteiger partial charge in [-0.2, -0.15) is 0 Å². The Balaban J connectivity index is 2.07. The van der Waals surface area contributed by atoms with Gasteiger partial charge in [0.15, 0.2) is 17.5 Å². The largest absolute Gasteiger partial charge is 0.496 e. The lowest BCUT2D eigenvalue weighted by Gasteiger charge is -2.16. The van der Waals surface area contributed by atoms with Gasteiger partial charge in [-0.15, -0.1) is 0 Å². The SMILES string of the molecule is CN=C(NCc1cc(OC)c(OC)c(OC)c1)NCc1ccc(OC)c(C(=O)OC)c1. The van der Waals surface area contributed by atoms with Crippen LogP contribution < -0.4 is 29.6 Å². The lowest BCUT2D eigenvalue weighted by Crippen LogP contribution is -2.36.